The van der Waals surface area contributed by atoms with Crippen LogP contribution in [-0.2, 0) is 0 Å². The van der Waals surface area contributed by atoms with Gasteiger partial charge in [0.05, 0.1) is 5.69 Å². The fraction of sp³-hybridized carbons (Fsp3) is 0. The molecule has 112 valence electrons. The molecule has 23 heavy (non-hydrogen) atoms. The second-order valence-electron chi connectivity index (χ2n) is 5.26. The maximum atomic E-state index is 11.2. The summed E-state index contributed by atoms with van der Waals surface area (Å²) in [7, 11) is 0. The number of hydrogen-bond acceptors (Lipinski definition) is 3. The molecule has 3 N–H and O–H groups in total. The first kappa shape index (κ1) is 13.3. The van der Waals surface area contributed by atoms with Gasteiger partial charge in [-0.25, -0.2) is 0 Å². The first-order valence-electron chi connectivity index (χ1n) is 7.15. The second-order valence-corrected chi connectivity index (χ2v) is 5.26. The van der Waals surface area contributed by atoms with E-state index in [1.165, 1.54) is 0 Å². The molecule has 5 heteroatoms. The number of nitrogens with two attached hydrogens (primary N) is 1. The van der Waals surface area contributed by atoms with Gasteiger partial charge >= 0.3 is 0 Å². The second kappa shape index (κ2) is 5.14. The van der Waals surface area contributed by atoms with Gasteiger partial charge in [-0.3, -0.25) is 9.89 Å². The van der Waals surface area contributed by atoms with E-state index in [1.807, 2.05) is 54.6 Å². The lowest BCUT2D eigenvalue weighted by Gasteiger charge is -2.00. The Hall–Kier alpha value is -3.34. The summed E-state index contributed by atoms with van der Waals surface area (Å²) in [6.07, 6.45) is 0. The lowest BCUT2D eigenvalue weighted by atomic mass is 10.1. The van der Waals surface area contributed by atoms with Crippen molar-refractivity contribution in [1.82, 2.24) is 10.2 Å². The van der Waals surface area contributed by atoms with Gasteiger partial charge in [0.2, 0.25) is 0 Å². The van der Waals surface area contributed by atoms with Gasteiger partial charge in [-0.05, 0) is 24.3 Å². The molecule has 0 aliphatic rings. The molecule has 0 spiro atoms. The fourth-order valence-electron chi connectivity index (χ4n) is 2.55. The summed E-state index contributed by atoms with van der Waals surface area (Å²) in [5, 5.41) is 7.82. The Morgan fingerprint density at radius 2 is 1.83 bits per heavy atom. The molecule has 0 aliphatic carbocycles. The molecule has 0 radical (unpaired) electrons. The van der Waals surface area contributed by atoms with Crippen LogP contribution in [0.4, 0.5) is 0 Å². The highest BCUT2D eigenvalue weighted by molar-refractivity contribution is 5.92. The Morgan fingerprint density at radius 3 is 2.61 bits per heavy atom. The van der Waals surface area contributed by atoms with Crippen LogP contribution in [0, 0.1) is 0 Å². The van der Waals surface area contributed by atoms with Gasteiger partial charge < -0.3 is 10.2 Å². The van der Waals surface area contributed by atoms with Gasteiger partial charge in [-0.2, -0.15) is 5.10 Å². The van der Waals surface area contributed by atoms with Crippen LogP contribution in [0.25, 0.3) is 33.6 Å². The quantitative estimate of drug-likeness (QED) is 0.606. The number of rotatable bonds is 3. The Kier molecular flexibility index (Phi) is 2.98. The average Bonchev–Trinajstić information content (AvgIpc) is 3.22. The number of furan rings is 1. The van der Waals surface area contributed by atoms with Gasteiger partial charge in [0.25, 0.3) is 5.91 Å². The van der Waals surface area contributed by atoms with E-state index in [4.69, 9.17) is 10.2 Å². The molecule has 1 amide bonds. The van der Waals surface area contributed by atoms with Crippen molar-refractivity contribution in [3.8, 4) is 22.6 Å². The largest absolute Gasteiger partial charge is 0.456 e. The third kappa shape index (κ3) is 2.38. The van der Waals surface area contributed by atoms with Gasteiger partial charge in [0, 0.05) is 16.5 Å². The van der Waals surface area contributed by atoms with Crippen molar-refractivity contribution in [2.75, 3.05) is 0 Å². The average molecular weight is 303 g/mol. The number of aromatic amines is 1. The summed E-state index contributed by atoms with van der Waals surface area (Å²) in [5.41, 5.74) is 8.87. The van der Waals surface area contributed by atoms with Crippen molar-refractivity contribution in [1.29, 1.82) is 0 Å². The first-order valence-corrected chi connectivity index (χ1v) is 7.15. The van der Waals surface area contributed by atoms with Crippen molar-refractivity contribution in [3.63, 3.8) is 0 Å². The predicted octanol–water partition coefficient (Wildman–Crippen LogP) is 3.59. The Balaban J connectivity index is 1.77. The highest BCUT2D eigenvalue weighted by Crippen LogP contribution is 2.30. The summed E-state index contributed by atoms with van der Waals surface area (Å²) in [4.78, 5) is 11.2. The smallest absolute Gasteiger partial charge is 0.266 e. The molecule has 2 aromatic carbocycles. The molecule has 0 atom stereocenters. The molecule has 0 unspecified atom stereocenters. The number of hydrogen-bond donors (Lipinski definition) is 2. The standard InChI is InChI=1S/C18H13N3O2/c19-18(22)15-10-14(20-21-15)11-5-3-6-12(8-11)17-9-13-4-1-2-7-16(13)23-17/h1-10H,(H2,19,22)(H,20,21). The zero-order valence-electron chi connectivity index (χ0n) is 12.1. The summed E-state index contributed by atoms with van der Waals surface area (Å²) in [6.45, 7) is 0. The van der Waals surface area contributed by atoms with Crippen LogP contribution in [0.1, 0.15) is 10.5 Å². The monoisotopic (exact) mass is 303 g/mol. The van der Waals surface area contributed by atoms with Crippen molar-refractivity contribution >= 4 is 16.9 Å². The predicted molar refractivity (Wildman–Crippen MR) is 87.7 cm³/mol. The van der Waals surface area contributed by atoms with Gasteiger partial charge in [-0.1, -0.05) is 36.4 Å². The molecule has 0 saturated carbocycles. The van der Waals surface area contributed by atoms with Crippen molar-refractivity contribution < 1.29 is 9.21 Å². The van der Waals surface area contributed by atoms with Gasteiger partial charge in [0.1, 0.15) is 17.0 Å². The molecule has 0 fully saturated rings. The molecule has 0 bridgehead atoms. The molecule has 4 rings (SSSR count). The maximum Gasteiger partial charge on any atom is 0.266 e. The summed E-state index contributed by atoms with van der Waals surface area (Å²) < 4.78 is 5.89. The number of carbonyl (C=O) groups excluding carboxylic acids is 1. The number of fused-ring (bicyclic) bond motifs is 1. The first-order chi connectivity index (χ1) is 11.2. The Bertz CT molecular complexity index is 981. The van der Waals surface area contributed by atoms with Crippen molar-refractivity contribution in [2.45, 2.75) is 0 Å². The minimum atomic E-state index is -0.530. The highest BCUT2D eigenvalue weighted by Gasteiger charge is 2.10. The molecule has 2 aromatic heterocycles. The minimum Gasteiger partial charge on any atom is -0.456 e. The van der Waals surface area contributed by atoms with Crippen LogP contribution in [-0.4, -0.2) is 16.1 Å². The van der Waals surface area contributed by atoms with E-state index in [-0.39, 0.29) is 5.69 Å². The number of aromatic nitrogens is 2. The van der Waals surface area contributed by atoms with E-state index in [9.17, 15) is 4.79 Å². The summed E-state index contributed by atoms with van der Waals surface area (Å²) in [5.74, 6) is 0.260. The number of carbonyl (C=O) groups is 1. The lowest BCUT2D eigenvalue weighted by molar-refractivity contribution is 0.0995. The number of para-hydroxylation sites is 1. The van der Waals surface area contributed by atoms with E-state index in [0.29, 0.717) is 5.69 Å². The molecular formula is C18H13N3O2. The molecular weight excluding hydrogens is 290 g/mol. The van der Waals surface area contributed by atoms with E-state index in [0.717, 1.165) is 27.9 Å². The van der Waals surface area contributed by atoms with Crippen molar-refractivity contribution in [2.24, 2.45) is 5.73 Å². The zero-order chi connectivity index (χ0) is 15.8. The summed E-state index contributed by atoms with van der Waals surface area (Å²) in [6, 6.07) is 19.3. The van der Waals surface area contributed by atoms with Crippen LogP contribution in [0.2, 0.25) is 0 Å². The van der Waals surface area contributed by atoms with Crippen LogP contribution in [0.3, 0.4) is 0 Å². The van der Waals surface area contributed by atoms with E-state index in [1.54, 1.807) is 6.07 Å². The molecule has 5 nitrogen and oxygen atoms in total. The maximum absolute atomic E-state index is 11.2. The van der Waals surface area contributed by atoms with Crippen molar-refractivity contribution in [3.05, 3.63) is 66.4 Å². The van der Waals surface area contributed by atoms with Crippen LogP contribution in [0.5, 0.6) is 0 Å². The molecule has 0 aliphatic heterocycles. The molecule has 4 aromatic rings. The third-order valence-electron chi connectivity index (χ3n) is 3.71. The van der Waals surface area contributed by atoms with Crippen LogP contribution in [0.15, 0.2) is 65.1 Å². The Morgan fingerprint density at radius 1 is 1.00 bits per heavy atom. The fourth-order valence-corrected chi connectivity index (χ4v) is 2.55. The zero-order valence-corrected chi connectivity index (χ0v) is 12.1. The van der Waals surface area contributed by atoms with E-state index in [2.05, 4.69) is 10.2 Å². The molecule has 0 saturated heterocycles. The topological polar surface area (TPSA) is 84.9 Å². The number of primary amides is 1. The number of benzene rings is 2. The SMILES string of the molecule is NC(=O)c1cc(-c2cccc(-c3cc4ccccc4o3)c2)n[nH]1. The van der Waals surface area contributed by atoms with Gasteiger partial charge in [-0.15, -0.1) is 0 Å². The minimum absolute atomic E-state index is 0.286. The third-order valence-corrected chi connectivity index (χ3v) is 3.71. The van der Waals surface area contributed by atoms with Crippen LogP contribution >= 0.6 is 0 Å². The van der Waals surface area contributed by atoms with Gasteiger partial charge in [0.15, 0.2) is 0 Å². The van der Waals surface area contributed by atoms with E-state index < -0.39 is 5.91 Å². The number of H-pyrrole nitrogens is 1. The number of amides is 1. The Labute approximate surface area is 131 Å². The molecule has 2 heterocycles. The lowest BCUT2D eigenvalue weighted by Crippen LogP contribution is -2.10. The summed E-state index contributed by atoms with van der Waals surface area (Å²) >= 11 is 0. The number of nitrogens with zero attached hydrogens (tertiary/aromatic N) is 1. The number of nitrogens with one attached hydrogen (secondary N) is 1. The highest BCUT2D eigenvalue weighted by atomic mass is 16.3. The van der Waals surface area contributed by atoms with Crippen LogP contribution < -0.4 is 5.73 Å². The van der Waals surface area contributed by atoms with E-state index >= 15 is 0 Å². The normalized spacial score (nSPS) is 11.0.